The van der Waals surface area contributed by atoms with Crippen LogP contribution in [0.2, 0.25) is 0 Å². The topological polar surface area (TPSA) is 79.8 Å². The van der Waals surface area contributed by atoms with Crippen molar-refractivity contribution in [3.05, 3.63) is 149 Å². The number of hydrogen-bond donors (Lipinski definition) is 0. The number of benzene rings is 4. The fourth-order valence-electron chi connectivity index (χ4n) is 5.16. The third-order valence-electron chi connectivity index (χ3n) is 7.23. The average molecular weight is 548 g/mol. The molecule has 1 heterocycles. The molecule has 0 bridgehead atoms. The first-order valence-electron chi connectivity index (χ1n) is 12.4. The van der Waals surface area contributed by atoms with Gasteiger partial charge in [-0.05, 0) is 0 Å². The Kier molecular flexibility index (Phi) is 7.30. The Labute approximate surface area is 232 Å². The molecule has 7 heteroatoms. The third kappa shape index (κ3) is 4.95. The van der Waals surface area contributed by atoms with Crippen molar-refractivity contribution in [3.8, 4) is 6.07 Å². The average Bonchev–Trinajstić information content (AvgIpc) is 2.99. The minimum absolute atomic E-state index is 0.0279. The van der Waals surface area contributed by atoms with Crippen molar-refractivity contribution < 1.29 is 4.92 Å². The molecule has 0 aliphatic carbocycles. The summed E-state index contributed by atoms with van der Waals surface area (Å²) in [5, 5.41) is 25.4. The molecule has 0 spiro atoms. The van der Waals surface area contributed by atoms with Gasteiger partial charge in [-0.2, -0.15) is 0 Å². The van der Waals surface area contributed by atoms with Crippen molar-refractivity contribution in [2.45, 2.75) is 16.1 Å². The predicted molar refractivity (Wildman–Crippen MR) is 161 cm³/mol. The van der Waals surface area contributed by atoms with Crippen LogP contribution in [0.1, 0.15) is 11.1 Å². The van der Waals surface area contributed by atoms with Crippen molar-refractivity contribution in [1.29, 1.82) is 5.26 Å². The summed E-state index contributed by atoms with van der Waals surface area (Å²) in [7, 11) is 0. The van der Waals surface area contributed by atoms with Crippen LogP contribution in [0.15, 0.2) is 137 Å². The van der Waals surface area contributed by atoms with Crippen LogP contribution in [0.4, 0.5) is 5.69 Å². The van der Waals surface area contributed by atoms with Crippen LogP contribution in [0, 0.1) is 21.4 Å². The summed E-state index contributed by atoms with van der Waals surface area (Å²) in [4.78, 5) is 16.1. The molecule has 0 fully saturated rings. The molecule has 0 saturated heterocycles. The molecule has 0 atom stereocenters. The molecule has 5 nitrogen and oxygen atoms in total. The molecule has 4 aromatic carbocycles. The summed E-state index contributed by atoms with van der Waals surface area (Å²) in [6, 6.07) is 42.5. The number of rotatable bonds is 8. The Morgan fingerprint density at radius 3 is 1.74 bits per heavy atom. The molecule has 5 rings (SSSR count). The van der Waals surface area contributed by atoms with Crippen LogP contribution >= 0.6 is 18.4 Å². The minimum atomic E-state index is -3.05. The third-order valence-corrected chi connectivity index (χ3v) is 14.5. The fourth-order valence-corrected chi connectivity index (χ4v) is 11.4. The van der Waals surface area contributed by atoms with Crippen molar-refractivity contribution in [2.24, 2.45) is 0 Å². The quantitative estimate of drug-likeness (QED) is 0.123. The van der Waals surface area contributed by atoms with E-state index in [1.54, 1.807) is 12.1 Å². The summed E-state index contributed by atoms with van der Waals surface area (Å²) in [5.74, 6) is 0. The molecule has 0 unspecified atom stereocenters. The zero-order valence-electron chi connectivity index (χ0n) is 21.3. The predicted octanol–water partition coefficient (Wildman–Crippen LogP) is 6.67. The summed E-state index contributed by atoms with van der Waals surface area (Å²) >= 11 is 1.33. The van der Waals surface area contributed by atoms with E-state index in [0.29, 0.717) is 16.8 Å². The molecule has 0 N–H and O–H groups in total. The SMILES string of the molecule is CP(Cc1cnc(Sc2ccc([N+](=O)[O-])cc2)c(C#N)c1)(c1ccccc1)(c1ccccc1)c1ccccc1. The molecule has 0 radical (unpaired) electrons. The van der Waals surface area contributed by atoms with Gasteiger partial charge in [-0.25, -0.2) is 0 Å². The van der Waals surface area contributed by atoms with Gasteiger partial charge in [0.2, 0.25) is 0 Å². The van der Waals surface area contributed by atoms with Crippen LogP contribution in [-0.4, -0.2) is 16.6 Å². The molecule has 1 aromatic heterocycles. The van der Waals surface area contributed by atoms with Crippen LogP contribution in [0.25, 0.3) is 0 Å². The van der Waals surface area contributed by atoms with Gasteiger partial charge in [-0.1, -0.05) is 0 Å². The number of nitro benzene ring substituents is 1. The van der Waals surface area contributed by atoms with E-state index in [0.717, 1.165) is 10.5 Å². The second kappa shape index (κ2) is 10.8. The van der Waals surface area contributed by atoms with E-state index in [2.05, 4.69) is 85.5 Å². The zero-order chi connectivity index (χ0) is 27.3. The van der Waals surface area contributed by atoms with Crippen molar-refractivity contribution in [2.75, 3.05) is 6.66 Å². The summed E-state index contributed by atoms with van der Waals surface area (Å²) in [6.07, 6.45) is 2.57. The van der Waals surface area contributed by atoms with E-state index in [9.17, 15) is 15.4 Å². The monoisotopic (exact) mass is 547 g/mol. The first kappa shape index (κ1) is 26.3. The molecular weight excluding hydrogens is 521 g/mol. The number of nitrogens with zero attached hydrogens (tertiary/aromatic N) is 3. The van der Waals surface area contributed by atoms with E-state index in [-0.39, 0.29) is 5.69 Å². The Hall–Kier alpha value is -4.30. The molecule has 5 aromatic rings. The zero-order valence-corrected chi connectivity index (χ0v) is 23.1. The first-order valence-corrected chi connectivity index (χ1v) is 16.1. The Bertz CT molecular complexity index is 1560. The second-order valence-electron chi connectivity index (χ2n) is 9.62. The summed E-state index contributed by atoms with van der Waals surface area (Å²) < 4.78 is 0. The van der Waals surface area contributed by atoms with E-state index in [4.69, 9.17) is 4.98 Å². The molecule has 0 saturated carbocycles. The van der Waals surface area contributed by atoms with E-state index in [1.807, 2.05) is 30.5 Å². The van der Waals surface area contributed by atoms with Gasteiger partial charge in [0, 0.05) is 0 Å². The maximum absolute atomic E-state index is 11.0. The van der Waals surface area contributed by atoms with Gasteiger partial charge < -0.3 is 0 Å². The van der Waals surface area contributed by atoms with E-state index in [1.165, 1.54) is 39.8 Å². The molecule has 192 valence electrons. The van der Waals surface area contributed by atoms with Crippen LogP contribution < -0.4 is 15.9 Å². The van der Waals surface area contributed by atoms with E-state index >= 15 is 0 Å². The number of hydrogen-bond acceptors (Lipinski definition) is 5. The first-order chi connectivity index (χ1) is 18.9. The van der Waals surface area contributed by atoms with Crippen molar-refractivity contribution in [3.63, 3.8) is 0 Å². The Balaban J connectivity index is 1.63. The number of pyridine rings is 1. The van der Waals surface area contributed by atoms with Crippen molar-refractivity contribution in [1.82, 2.24) is 4.98 Å². The van der Waals surface area contributed by atoms with Crippen molar-refractivity contribution >= 4 is 40.0 Å². The Morgan fingerprint density at radius 2 is 1.31 bits per heavy atom. The van der Waals surface area contributed by atoms with Crippen LogP contribution in [0.3, 0.4) is 0 Å². The van der Waals surface area contributed by atoms with Crippen LogP contribution in [0.5, 0.6) is 0 Å². The van der Waals surface area contributed by atoms with Gasteiger partial charge in [0.05, 0.1) is 0 Å². The van der Waals surface area contributed by atoms with Crippen LogP contribution in [-0.2, 0) is 6.16 Å². The number of nitriles is 1. The molecule has 0 amide bonds. The molecule has 39 heavy (non-hydrogen) atoms. The summed E-state index contributed by atoms with van der Waals surface area (Å²) in [6.45, 7) is -0.651. The van der Waals surface area contributed by atoms with Gasteiger partial charge in [0.25, 0.3) is 0 Å². The van der Waals surface area contributed by atoms with E-state index < -0.39 is 11.5 Å². The normalized spacial score (nSPS) is 12.2. The maximum atomic E-state index is 11.0. The molecule has 0 aliphatic rings. The number of non-ortho nitro benzene ring substituents is 1. The van der Waals surface area contributed by atoms with Gasteiger partial charge in [0.15, 0.2) is 0 Å². The fraction of sp³-hybridized carbons (Fsp3) is 0.0625. The Morgan fingerprint density at radius 1 is 0.821 bits per heavy atom. The van der Waals surface area contributed by atoms with Gasteiger partial charge in [-0.3, -0.25) is 0 Å². The van der Waals surface area contributed by atoms with Gasteiger partial charge in [0.1, 0.15) is 0 Å². The van der Waals surface area contributed by atoms with Gasteiger partial charge >= 0.3 is 233 Å². The second-order valence-corrected chi connectivity index (χ2v) is 16.1. The molecular formula is C32H26N3O2PS. The standard InChI is InChI=1S/C32H26N3O2PS/c1-38(28-11-5-2-6-12-28,29-13-7-3-8-14-29,30-15-9-4-10-16-30)24-25-21-26(22-33)32(34-23-25)39-31-19-17-27(18-20-31)35(36)37/h2-21,23H,24H2,1H3. The summed E-state index contributed by atoms with van der Waals surface area (Å²) in [5.41, 5.74) is 1.49. The molecule has 0 aliphatic heterocycles. The number of nitro groups is 1. The number of aromatic nitrogens is 1. The van der Waals surface area contributed by atoms with Gasteiger partial charge in [-0.15, -0.1) is 0 Å².